The summed E-state index contributed by atoms with van der Waals surface area (Å²) >= 11 is 1.53. The highest BCUT2D eigenvalue weighted by atomic mass is 32.2. The summed E-state index contributed by atoms with van der Waals surface area (Å²) in [6, 6.07) is 3.69. The standard InChI is InChI=1S/C13H17N3O3S2/c1-2-21(17,18)16-7-5-10(6-8-16)12-14-15-13(20-12)11-4-3-9-19-11/h3-4,9-10H,2,5-8H2,1H3. The average molecular weight is 327 g/mol. The fraction of sp³-hybridized carbons (Fsp3) is 0.538. The largest absolute Gasteiger partial charge is 0.462 e. The molecule has 0 amide bonds. The molecule has 1 aliphatic heterocycles. The first-order valence-electron chi connectivity index (χ1n) is 6.95. The van der Waals surface area contributed by atoms with Gasteiger partial charge in [-0.25, -0.2) is 12.7 Å². The average Bonchev–Trinajstić information content (AvgIpc) is 3.18. The minimum Gasteiger partial charge on any atom is -0.462 e. The van der Waals surface area contributed by atoms with Crippen molar-refractivity contribution in [1.29, 1.82) is 0 Å². The molecule has 6 nitrogen and oxygen atoms in total. The SMILES string of the molecule is CCS(=O)(=O)N1CCC(c2nnc(-c3ccco3)s2)CC1. The zero-order valence-corrected chi connectivity index (χ0v) is 13.4. The molecule has 1 aliphatic rings. The molecule has 2 aromatic rings. The van der Waals surface area contributed by atoms with Gasteiger partial charge >= 0.3 is 0 Å². The number of furan rings is 1. The Balaban J connectivity index is 1.68. The van der Waals surface area contributed by atoms with E-state index in [1.807, 2.05) is 12.1 Å². The van der Waals surface area contributed by atoms with Gasteiger partial charge in [-0.2, -0.15) is 0 Å². The summed E-state index contributed by atoms with van der Waals surface area (Å²) < 4.78 is 30.6. The maximum absolute atomic E-state index is 11.8. The van der Waals surface area contributed by atoms with Crippen LogP contribution in [0.3, 0.4) is 0 Å². The Morgan fingerprint density at radius 2 is 2.14 bits per heavy atom. The van der Waals surface area contributed by atoms with Crippen LogP contribution in [0.2, 0.25) is 0 Å². The van der Waals surface area contributed by atoms with Crippen molar-refractivity contribution in [2.24, 2.45) is 0 Å². The lowest BCUT2D eigenvalue weighted by molar-refractivity contribution is 0.319. The molecule has 0 radical (unpaired) electrons. The van der Waals surface area contributed by atoms with Crippen LogP contribution in [-0.2, 0) is 10.0 Å². The molecule has 1 fully saturated rings. The summed E-state index contributed by atoms with van der Waals surface area (Å²) in [5.41, 5.74) is 0. The Bertz CT molecular complexity index is 686. The molecule has 1 saturated heterocycles. The molecule has 114 valence electrons. The first kappa shape index (κ1) is 14.7. The van der Waals surface area contributed by atoms with Gasteiger partial charge in [0.15, 0.2) is 10.8 Å². The number of sulfonamides is 1. The summed E-state index contributed by atoms with van der Waals surface area (Å²) in [7, 11) is -3.07. The molecule has 0 unspecified atom stereocenters. The van der Waals surface area contributed by atoms with Gasteiger partial charge in [0.05, 0.1) is 12.0 Å². The van der Waals surface area contributed by atoms with Gasteiger partial charge < -0.3 is 4.42 Å². The lowest BCUT2D eigenvalue weighted by Crippen LogP contribution is -2.38. The summed E-state index contributed by atoms with van der Waals surface area (Å²) in [6.07, 6.45) is 3.21. The molecule has 0 bridgehead atoms. The van der Waals surface area contributed by atoms with E-state index in [1.165, 1.54) is 11.3 Å². The Morgan fingerprint density at radius 3 is 2.76 bits per heavy atom. The number of aromatic nitrogens is 2. The fourth-order valence-corrected chi connectivity index (χ4v) is 4.58. The van der Waals surface area contributed by atoms with Crippen LogP contribution in [0, 0.1) is 0 Å². The maximum atomic E-state index is 11.8. The highest BCUT2D eigenvalue weighted by Gasteiger charge is 2.29. The van der Waals surface area contributed by atoms with Gasteiger partial charge in [-0.15, -0.1) is 10.2 Å². The van der Waals surface area contributed by atoms with Crippen molar-refractivity contribution >= 4 is 21.4 Å². The van der Waals surface area contributed by atoms with Crippen molar-refractivity contribution in [3.8, 4) is 10.8 Å². The minimum absolute atomic E-state index is 0.166. The van der Waals surface area contributed by atoms with Crippen LogP contribution in [0.5, 0.6) is 0 Å². The second-order valence-electron chi connectivity index (χ2n) is 5.00. The molecule has 3 heterocycles. The highest BCUT2D eigenvalue weighted by molar-refractivity contribution is 7.89. The van der Waals surface area contributed by atoms with E-state index in [9.17, 15) is 8.42 Å². The van der Waals surface area contributed by atoms with Crippen LogP contribution < -0.4 is 0 Å². The molecule has 0 saturated carbocycles. The van der Waals surface area contributed by atoms with Crippen LogP contribution in [0.15, 0.2) is 22.8 Å². The first-order chi connectivity index (χ1) is 10.1. The molecular formula is C13H17N3O3S2. The Hall–Kier alpha value is -1.25. The highest BCUT2D eigenvalue weighted by Crippen LogP contribution is 2.34. The topological polar surface area (TPSA) is 76.3 Å². The second kappa shape index (κ2) is 5.86. The summed E-state index contributed by atoms with van der Waals surface area (Å²) in [5.74, 6) is 1.18. The van der Waals surface area contributed by atoms with Crippen molar-refractivity contribution in [2.75, 3.05) is 18.8 Å². The zero-order chi connectivity index (χ0) is 14.9. The van der Waals surface area contributed by atoms with Gasteiger partial charge in [0.1, 0.15) is 5.01 Å². The third kappa shape index (κ3) is 3.02. The summed E-state index contributed by atoms with van der Waals surface area (Å²) in [4.78, 5) is 0. The van der Waals surface area contributed by atoms with Crippen molar-refractivity contribution in [2.45, 2.75) is 25.7 Å². The van der Waals surface area contributed by atoms with E-state index in [1.54, 1.807) is 17.5 Å². The molecule has 8 heteroatoms. The summed E-state index contributed by atoms with van der Waals surface area (Å²) in [6.45, 7) is 2.81. The number of piperidine rings is 1. The summed E-state index contributed by atoms with van der Waals surface area (Å²) in [5, 5.41) is 10.1. The van der Waals surface area contributed by atoms with Crippen LogP contribution >= 0.6 is 11.3 Å². The smallest absolute Gasteiger partial charge is 0.213 e. The van der Waals surface area contributed by atoms with Crippen LogP contribution in [0.4, 0.5) is 0 Å². The van der Waals surface area contributed by atoms with Gasteiger partial charge in [0.2, 0.25) is 10.0 Å². The van der Waals surface area contributed by atoms with Crippen molar-refractivity contribution < 1.29 is 12.8 Å². The van der Waals surface area contributed by atoms with Gasteiger partial charge in [-0.1, -0.05) is 11.3 Å². The molecular weight excluding hydrogens is 310 g/mol. The quantitative estimate of drug-likeness (QED) is 0.861. The van der Waals surface area contributed by atoms with Gasteiger partial charge in [0, 0.05) is 19.0 Å². The van der Waals surface area contributed by atoms with Crippen molar-refractivity contribution in [3.05, 3.63) is 23.4 Å². The fourth-order valence-electron chi connectivity index (χ4n) is 2.46. The Morgan fingerprint density at radius 1 is 1.38 bits per heavy atom. The number of rotatable bonds is 4. The predicted molar refractivity (Wildman–Crippen MR) is 80.6 cm³/mol. The maximum Gasteiger partial charge on any atom is 0.213 e. The van der Waals surface area contributed by atoms with E-state index in [0.717, 1.165) is 28.6 Å². The molecule has 3 rings (SSSR count). The van der Waals surface area contributed by atoms with Crippen LogP contribution in [0.25, 0.3) is 10.8 Å². The molecule has 0 atom stereocenters. The van der Waals surface area contributed by atoms with E-state index in [0.29, 0.717) is 13.1 Å². The molecule has 21 heavy (non-hydrogen) atoms. The lowest BCUT2D eigenvalue weighted by atomic mass is 9.99. The Kier molecular flexibility index (Phi) is 4.10. The lowest BCUT2D eigenvalue weighted by Gasteiger charge is -2.29. The number of hydrogen-bond acceptors (Lipinski definition) is 6. The second-order valence-corrected chi connectivity index (χ2v) is 8.26. The van der Waals surface area contributed by atoms with E-state index in [4.69, 9.17) is 4.42 Å². The van der Waals surface area contributed by atoms with Crippen LogP contribution in [0.1, 0.15) is 30.7 Å². The molecule has 0 aliphatic carbocycles. The van der Waals surface area contributed by atoms with Crippen molar-refractivity contribution in [1.82, 2.24) is 14.5 Å². The number of hydrogen-bond donors (Lipinski definition) is 0. The van der Waals surface area contributed by atoms with E-state index >= 15 is 0 Å². The van der Waals surface area contributed by atoms with E-state index < -0.39 is 10.0 Å². The van der Waals surface area contributed by atoms with E-state index in [2.05, 4.69) is 10.2 Å². The zero-order valence-electron chi connectivity index (χ0n) is 11.7. The molecule has 0 aromatic carbocycles. The number of nitrogens with zero attached hydrogens (tertiary/aromatic N) is 3. The molecule has 0 N–H and O–H groups in total. The third-order valence-corrected chi connectivity index (χ3v) is 6.72. The Labute approximate surface area is 127 Å². The monoisotopic (exact) mass is 327 g/mol. The third-order valence-electron chi connectivity index (χ3n) is 3.73. The normalized spacial score (nSPS) is 18.1. The van der Waals surface area contributed by atoms with Crippen molar-refractivity contribution in [3.63, 3.8) is 0 Å². The van der Waals surface area contributed by atoms with Crippen LogP contribution in [-0.4, -0.2) is 41.8 Å². The molecule has 0 spiro atoms. The molecule has 2 aromatic heterocycles. The van der Waals surface area contributed by atoms with Gasteiger partial charge in [0.25, 0.3) is 0 Å². The van der Waals surface area contributed by atoms with E-state index in [-0.39, 0.29) is 11.7 Å². The van der Waals surface area contributed by atoms with Gasteiger partial charge in [-0.05, 0) is 31.9 Å². The van der Waals surface area contributed by atoms with Gasteiger partial charge in [-0.3, -0.25) is 0 Å². The minimum atomic E-state index is -3.07. The first-order valence-corrected chi connectivity index (χ1v) is 9.38. The predicted octanol–water partition coefficient (Wildman–Crippen LogP) is 2.33.